The summed E-state index contributed by atoms with van der Waals surface area (Å²) >= 11 is 1.57. The summed E-state index contributed by atoms with van der Waals surface area (Å²) in [6, 6.07) is 13.4. The molecule has 1 aromatic carbocycles. The van der Waals surface area contributed by atoms with Gasteiger partial charge in [-0.25, -0.2) is 0 Å². The molecule has 1 fully saturated rings. The second-order valence-corrected chi connectivity index (χ2v) is 7.25. The minimum Gasteiger partial charge on any atom is -0.451 e. The maximum Gasteiger partial charge on any atom is 0.289 e. The normalized spacial score (nSPS) is 17.1. The summed E-state index contributed by atoms with van der Waals surface area (Å²) in [7, 11) is 0. The van der Waals surface area contributed by atoms with Crippen LogP contribution < -0.4 is 0 Å². The first-order valence-electron chi connectivity index (χ1n) is 8.42. The van der Waals surface area contributed by atoms with E-state index in [1.54, 1.807) is 11.3 Å². The highest BCUT2D eigenvalue weighted by atomic mass is 32.1. The number of benzene rings is 1. The number of nitrogens with zero attached hydrogens (tertiary/aromatic N) is 2. The van der Waals surface area contributed by atoms with Crippen LogP contribution in [0.1, 0.15) is 21.5 Å². The number of hydrogen-bond acceptors (Lipinski definition) is 5. The van der Waals surface area contributed by atoms with Crippen LogP contribution in [0.2, 0.25) is 0 Å². The summed E-state index contributed by atoms with van der Waals surface area (Å²) in [6.07, 6.45) is -0.461. The highest BCUT2D eigenvalue weighted by Gasteiger charge is 2.25. The van der Waals surface area contributed by atoms with E-state index in [2.05, 4.69) is 4.90 Å². The number of rotatable bonds is 4. The molecule has 1 amide bonds. The molecule has 1 aliphatic rings. The lowest BCUT2D eigenvalue weighted by atomic mass is 10.2. The number of amides is 1. The van der Waals surface area contributed by atoms with Gasteiger partial charge in [-0.05, 0) is 23.6 Å². The van der Waals surface area contributed by atoms with E-state index in [1.165, 1.54) is 0 Å². The molecule has 0 spiro atoms. The SMILES string of the molecule is O=C(c1cc2ccccc2o1)N1CCN(C[C@H](O)c2cccs2)CC1. The van der Waals surface area contributed by atoms with Gasteiger partial charge in [0.1, 0.15) is 11.7 Å². The molecule has 0 radical (unpaired) electrons. The Hall–Kier alpha value is -2.15. The van der Waals surface area contributed by atoms with Crippen molar-refractivity contribution in [3.05, 3.63) is 58.5 Å². The standard InChI is InChI=1S/C19H20N2O3S/c22-15(18-6-3-11-25-18)13-20-7-9-21(10-8-20)19(23)17-12-14-4-1-2-5-16(14)24-17/h1-6,11-12,15,22H,7-10,13H2/t15-/m0/s1. The van der Waals surface area contributed by atoms with Crippen molar-refractivity contribution in [2.45, 2.75) is 6.10 Å². The minimum atomic E-state index is -0.461. The molecule has 1 saturated heterocycles. The summed E-state index contributed by atoms with van der Waals surface area (Å²) in [5.41, 5.74) is 0.739. The molecular weight excluding hydrogens is 336 g/mol. The Labute approximate surface area is 150 Å². The van der Waals surface area contributed by atoms with Crippen LogP contribution in [0.25, 0.3) is 11.0 Å². The van der Waals surface area contributed by atoms with Gasteiger partial charge in [0.25, 0.3) is 5.91 Å². The predicted octanol–water partition coefficient (Wildman–Crippen LogP) is 2.99. The van der Waals surface area contributed by atoms with Crippen LogP contribution in [0.15, 0.2) is 52.3 Å². The smallest absolute Gasteiger partial charge is 0.289 e. The number of β-amino-alcohol motifs (C(OH)–C–C–N with tert-alkyl or cyclic N) is 1. The molecule has 1 N–H and O–H groups in total. The number of furan rings is 1. The first kappa shape index (κ1) is 16.3. The van der Waals surface area contributed by atoms with E-state index in [1.807, 2.05) is 52.7 Å². The van der Waals surface area contributed by atoms with Crippen LogP contribution in [0.5, 0.6) is 0 Å². The van der Waals surface area contributed by atoms with Gasteiger partial charge in [0.2, 0.25) is 0 Å². The summed E-state index contributed by atoms with van der Waals surface area (Å²) in [4.78, 5) is 17.7. The third kappa shape index (κ3) is 3.46. The maximum absolute atomic E-state index is 12.7. The van der Waals surface area contributed by atoms with Crippen LogP contribution in [-0.2, 0) is 0 Å². The van der Waals surface area contributed by atoms with Gasteiger partial charge in [0, 0.05) is 43.0 Å². The summed E-state index contributed by atoms with van der Waals surface area (Å²) in [6.45, 7) is 3.41. The second-order valence-electron chi connectivity index (χ2n) is 6.27. The third-order valence-electron chi connectivity index (χ3n) is 4.60. The molecule has 0 bridgehead atoms. The Balaban J connectivity index is 1.35. The number of aliphatic hydroxyl groups is 1. The number of para-hydroxylation sites is 1. The molecule has 3 heterocycles. The fourth-order valence-electron chi connectivity index (χ4n) is 3.19. The van der Waals surface area contributed by atoms with Crippen molar-refractivity contribution in [2.24, 2.45) is 0 Å². The van der Waals surface area contributed by atoms with E-state index >= 15 is 0 Å². The highest BCUT2D eigenvalue weighted by molar-refractivity contribution is 7.10. The highest BCUT2D eigenvalue weighted by Crippen LogP contribution is 2.22. The van der Waals surface area contributed by atoms with Gasteiger partial charge in [-0.15, -0.1) is 11.3 Å². The molecule has 2 aromatic heterocycles. The molecule has 130 valence electrons. The van der Waals surface area contributed by atoms with Crippen molar-refractivity contribution in [3.8, 4) is 0 Å². The third-order valence-corrected chi connectivity index (χ3v) is 5.57. The van der Waals surface area contributed by atoms with E-state index in [0.29, 0.717) is 25.4 Å². The molecule has 0 unspecified atom stereocenters. The number of thiophene rings is 1. The van der Waals surface area contributed by atoms with Crippen LogP contribution >= 0.6 is 11.3 Å². The lowest BCUT2D eigenvalue weighted by Crippen LogP contribution is -2.49. The van der Waals surface area contributed by atoms with E-state index in [0.717, 1.165) is 28.9 Å². The molecule has 6 heteroatoms. The number of carbonyl (C=O) groups excluding carboxylic acids is 1. The number of aliphatic hydroxyl groups excluding tert-OH is 1. The van der Waals surface area contributed by atoms with Crippen LogP contribution in [-0.4, -0.2) is 53.5 Å². The van der Waals surface area contributed by atoms with Gasteiger partial charge in [-0.2, -0.15) is 0 Å². The Bertz CT molecular complexity index is 818. The molecular formula is C19H20N2O3S. The zero-order valence-corrected chi connectivity index (χ0v) is 14.6. The molecule has 3 aromatic rings. The predicted molar refractivity (Wildman–Crippen MR) is 97.8 cm³/mol. The molecule has 1 atom stereocenters. The van der Waals surface area contributed by atoms with Crippen molar-refractivity contribution in [2.75, 3.05) is 32.7 Å². The Kier molecular flexibility index (Phi) is 4.57. The molecule has 0 saturated carbocycles. The number of fused-ring (bicyclic) bond motifs is 1. The Morgan fingerprint density at radius 2 is 1.96 bits per heavy atom. The van der Waals surface area contributed by atoms with Crippen molar-refractivity contribution in [1.29, 1.82) is 0 Å². The second kappa shape index (κ2) is 7.00. The zero-order chi connectivity index (χ0) is 17.2. The maximum atomic E-state index is 12.7. The fourth-order valence-corrected chi connectivity index (χ4v) is 3.90. The average molecular weight is 356 g/mol. The summed E-state index contributed by atoms with van der Waals surface area (Å²) < 4.78 is 5.68. The molecule has 25 heavy (non-hydrogen) atoms. The summed E-state index contributed by atoms with van der Waals surface area (Å²) in [5.74, 6) is 0.336. The van der Waals surface area contributed by atoms with E-state index in [-0.39, 0.29) is 5.91 Å². The Morgan fingerprint density at radius 1 is 1.16 bits per heavy atom. The largest absolute Gasteiger partial charge is 0.451 e. The molecule has 4 rings (SSSR count). The van der Waals surface area contributed by atoms with E-state index in [4.69, 9.17) is 4.42 Å². The molecule has 1 aliphatic heterocycles. The number of piperazine rings is 1. The van der Waals surface area contributed by atoms with E-state index < -0.39 is 6.10 Å². The van der Waals surface area contributed by atoms with Crippen molar-refractivity contribution >= 4 is 28.2 Å². The first-order valence-corrected chi connectivity index (χ1v) is 9.30. The van der Waals surface area contributed by atoms with Crippen LogP contribution in [0.3, 0.4) is 0 Å². The van der Waals surface area contributed by atoms with Gasteiger partial charge in [-0.3, -0.25) is 9.69 Å². The first-order chi connectivity index (χ1) is 12.2. The quantitative estimate of drug-likeness (QED) is 0.781. The monoisotopic (exact) mass is 356 g/mol. The van der Waals surface area contributed by atoms with Gasteiger partial charge in [-0.1, -0.05) is 24.3 Å². The van der Waals surface area contributed by atoms with Gasteiger partial charge in [0.05, 0.1) is 0 Å². The van der Waals surface area contributed by atoms with Gasteiger partial charge in [0.15, 0.2) is 5.76 Å². The average Bonchev–Trinajstić information content (AvgIpc) is 3.31. The van der Waals surface area contributed by atoms with Gasteiger partial charge >= 0.3 is 0 Å². The minimum absolute atomic E-state index is 0.0605. The molecule has 5 nitrogen and oxygen atoms in total. The zero-order valence-electron chi connectivity index (χ0n) is 13.8. The van der Waals surface area contributed by atoms with Crippen LogP contribution in [0, 0.1) is 0 Å². The van der Waals surface area contributed by atoms with Crippen molar-refractivity contribution < 1.29 is 14.3 Å². The van der Waals surface area contributed by atoms with Crippen molar-refractivity contribution in [3.63, 3.8) is 0 Å². The Morgan fingerprint density at radius 3 is 2.68 bits per heavy atom. The number of carbonyl (C=O) groups is 1. The van der Waals surface area contributed by atoms with Gasteiger partial charge < -0.3 is 14.4 Å². The molecule has 0 aliphatic carbocycles. The van der Waals surface area contributed by atoms with Crippen molar-refractivity contribution in [1.82, 2.24) is 9.80 Å². The fraction of sp³-hybridized carbons (Fsp3) is 0.316. The lowest BCUT2D eigenvalue weighted by Gasteiger charge is -2.35. The number of hydrogen-bond donors (Lipinski definition) is 1. The summed E-state index contributed by atoms with van der Waals surface area (Å²) in [5, 5.41) is 13.2. The lowest BCUT2D eigenvalue weighted by molar-refractivity contribution is 0.0510. The van der Waals surface area contributed by atoms with Crippen LogP contribution in [0.4, 0.5) is 0 Å². The topological polar surface area (TPSA) is 56.9 Å². The van der Waals surface area contributed by atoms with E-state index in [9.17, 15) is 9.90 Å².